The van der Waals surface area contributed by atoms with Crippen molar-refractivity contribution in [2.45, 2.75) is 39.5 Å². The Hall–Kier alpha value is -1.11. The summed E-state index contributed by atoms with van der Waals surface area (Å²) >= 11 is 2.26. The van der Waals surface area contributed by atoms with Gasteiger partial charge in [-0.2, -0.15) is 0 Å². The fourth-order valence-corrected chi connectivity index (χ4v) is 2.67. The number of aryl methyl sites for hydroxylation is 1. The third-order valence-corrected chi connectivity index (χ3v) is 4.22. The van der Waals surface area contributed by atoms with Crippen LogP contribution in [0.25, 0.3) is 0 Å². The Labute approximate surface area is 133 Å². The van der Waals surface area contributed by atoms with Gasteiger partial charge in [-0.05, 0) is 67.0 Å². The number of halogens is 1. The van der Waals surface area contributed by atoms with E-state index in [-0.39, 0.29) is 12.5 Å². The Kier molecular flexibility index (Phi) is 5.98. The van der Waals surface area contributed by atoms with Gasteiger partial charge in [-0.15, -0.1) is 0 Å². The van der Waals surface area contributed by atoms with Crippen LogP contribution >= 0.6 is 22.6 Å². The topological polar surface area (TPSA) is 55.4 Å². The van der Waals surface area contributed by atoms with Gasteiger partial charge in [-0.1, -0.05) is 19.1 Å². The quantitative estimate of drug-likeness (QED) is 0.804. The number of ether oxygens (including phenoxy) is 1. The van der Waals surface area contributed by atoms with Gasteiger partial charge < -0.3 is 4.74 Å². The summed E-state index contributed by atoms with van der Waals surface area (Å²) < 4.78 is 5.86. The zero-order chi connectivity index (χ0) is 15.3. The van der Waals surface area contributed by atoms with Crippen LogP contribution in [-0.2, 0) is 21.4 Å². The lowest BCUT2D eigenvalue weighted by Gasteiger charge is -2.24. The van der Waals surface area contributed by atoms with E-state index in [0.29, 0.717) is 0 Å². The highest BCUT2D eigenvalue weighted by atomic mass is 127. The molecule has 0 fully saturated rings. The number of nitrogens with one attached hydrogen (secondary N) is 1. The Balaban J connectivity index is 2.94. The summed E-state index contributed by atoms with van der Waals surface area (Å²) in [7, 11) is 0. The van der Waals surface area contributed by atoms with E-state index in [2.05, 4.69) is 34.8 Å². The minimum Gasteiger partial charge on any atom is -0.450 e. The monoisotopic (exact) mass is 389 g/mol. The Morgan fingerprint density at radius 3 is 2.45 bits per heavy atom. The van der Waals surface area contributed by atoms with E-state index in [4.69, 9.17) is 4.74 Å². The number of carbonyl (C=O) groups is 2. The normalized spacial score (nSPS) is 11.1. The average Bonchev–Trinajstić information content (AvgIpc) is 2.38. The van der Waals surface area contributed by atoms with E-state index in [1.54, 1.807) is 20.8 Å². The number of rotatable bonds is 4. The highest BCUT2D eigenvalue weighted by molar-refractivity contribution is 14.1. The number of alkyl carbamates (subject to hydrolysis) is 1. The van der Waals surface area contributed by atoms with Crippen LogP contribution in [0.1, 0.15) is 38.8 Å². The van der Waals surface area contributed by atoms with Crippen molar-refractivity contribution < 1.29 is 14.3 Å². The van der Waals surface area contributed by atoms with Crippen LogP contribution in [0.5, 0.6) is 0 Å². The van der Waals surface area contributed by atoms with Crippen LogP contribution in [0.3, 0.4) is 0 Å². The molecule has 0 bridgehead atoms. The molecule has 0 saturated heterocycles. The molecule has 110 valence electrons. The number of benzene rings is 1. The van der Waals surface area contributed by atoms with Crippen LogP contribution in [0, 0.1) is 3.57 Å². The highest BCUT2D eigenvalue weighted by Crippen LogP contribution is 2.26. The Morgan fingerprint density at radius 1 is 1.30 bits per heavy atom. The summed E-state index contributed by atoms with van der Waals surface area (Å²) in [5.41, 5.74) is 1.33. The van der Waals surface area contributed by atoms with Gasteiger partial charge in [-0.25, -0.2) is 4.79 Å². The van der Waals surface area contributed by atoms with Crippen molar-refractivity contribution in [2.75, 3.05) is 6.61 Å². The molecule has 5 heteroatoms. The van der Waals surface area contributed by atoms with Gasteiger partial charge in [0.25, 0.3) is 0 Å². The molecule has 1 N–H and O–H groups in total. The van der Waals surface area contributed by atoms with Gasteiger partial charge in [-0.3, -0.25) is 10.1 Å². The molecule has 0 heterocycles. The van der Waals surface area contributed by atoms with E-state index in [1.807, 2.05) is 18.2 Å². The number of amides is 2. The Morgan fingerprint density at radius 2 is 1.95 bits per heavy atom. The van der Waals surface area contributed by atoms with E-state index < -0.39 is 11.5 Å². The molecule has 4 nitrogen and oxygen atoms in total. The van der Waals surface area contributed by atoms with Gasteiger partial charge in [0.15, 0.2) is 0 Å². The molecule has 0 aromatic heterocycles. The largest absolute Gasteiger partial charge is 0.450 e. The highest BCUT2D eigenvalue weighted by Gasteiger charge is 2.31. The van der Waals surface area contributed by atoms with E-state index in [0.717, 1.165) is 15.6 Å². The zero-order valence-corrected chi connectivity index (χ0v) is 14.4. The van der Waals surface area contributed by atoms with Crippen LogP contribution in [0.15, 0.2) is 18.2 Å². The molecule has 0 radical (unpaired) electrons. The summed E-state index contributed by atoms with van der Waals surface area (Å²) in [6, 6.07) is 5.95. The lowest BCUT2D eigenvalue weighted by atomic mass is 9.83. The molecular weight excluding hydrogens is 369 g/mol. The first-order valence-corrected chi connectivity index (χ1v) is 7.67. The van der Waals surface area contributed by atoms with Crippen molar-refractivity contribution in [2.24, 2.45) is 0 Å². The van der Waals surface area contributed by atoms with Crippen molar-refractivity contribution in [3.05, 3.63) is 32.9 Å². The van der Waals surface area contributed by atoms with Crippen molar-refractivity contribution in [1.29, 1.82) is 0 Å². The van der Waals surface area contributed by atoms with Crippen molar-refractivity contribution in [1.82, 2.24) is 5.32 Å². The van der Waals surface area contributed by atoms with Gasteiger partial charge in [0.1, 0.15) is 0 Å². The first-order valence-electron chi connectivity index (χ1n) is 6.60. The lowest BCUT2D eigenvalue weighted by molar-refractivity contribution is -0.124. The SMILES string of the molecule is CCOC(=O)NC(=O)C(C)(C)c1ccc(CC)c(I)c1. The third-order valence-electron chi connectivity index (χ3n) is 3.21. The molecule has 0 aliphatic heterocycles. The summed E-state index contributed by atoms with van der Waals surface area (Å²) in [5, 5.41) is 2.27. The second kappa shape index (κ2) is 7.06. The second-order valence-electron chi connectivity index (χ2n) is 4.96. The first-order chi connectivity index (χ1) is 9.32. The van der Waals surface area contributed by atoms with E-state index in [1.165, 1.54) is 5.56 Å². The summed E-state index contributed by atoms with van der Waals surface area (Å²) in [6.45, 7) is 7.61. The van der Waals surface area contributed by atoms with Crippen LogP contribution in [0.4, 0.5) is 4.79 Å². The molecule has 0 aliphatic carbocycles. The van der Waals surface area contributed by atoms with E-state index in [9.17, 15) is 9.59 Å². The molecule has 0 saturated carbocycles. The Bertz CT molecular complexity index is 512. The molecule has 0 unspecified atom stereocenters. The number of hydrogen-bond acceptors (Lipinski definition) is 3. The van der Waals surface area contributed by atoms with E-state index >= 15 is 0 Å². The molecule has 0 aliphatic rings. The zero-order valence-electron chi connectivity index (χ0n) is 12.2. The predicted octanol–water partition coefficient (Wildman–Crippen LogP) is 3.40. The molecule has 1 aromatic carbocycles. The molecular formula is C15H20INO3. The molecule has 1 rings (SSSR count). The fourth-order valence-electron chi connectivity index (χ4n) is 1.77. The van der Waals surface area contributed by atoms with Gasteiger partial charge in [0, 0.05) is 3.57 Å². The molecule has 0 atom stereocenters. The molecule has 2 amide bonds. The average molecular weight is 389 g/mol. The van der Waals surface area contributed by atoms with Crippen molar-refractivity contribution in [3.8, 4) is 0 Å². The molecule has 20 heavy (non-hydrogen) atoms. The molecule has 1 aromatic rings. The van der Waals surface area contributed by atoms with Crippen LogP contribution in [0.2, 0.25) is 0 Å². The minimum absolute atomic E-state index is 0.239. The predicted molar refractivity (Wildman–Crippen MR) is 86.7 cm³/mol. The minimum atomic E-state index is -0.793. The lowest BCUT2D eigenvalue weighted by Crippen LogP contribution is -2.43. The van der Waals surface area contributed by atoms with Crippen molar-refractivity contribution in [3.63, 3.8) is 0 Å². The smallest absolute Gasteiger partial charge is 0.413 e. The van der Waals surface area contributed by atoms with Gasteiger partial charge >= 0.3 is 6.09 Å². The third kappa shape index (κ3) is 3.94. The van der Waals surface area contributed by atoms with Crippen LogP contribution in [-0.4, -0.2) is 18.6 Å². The summed E-state index contributed by atoms with van der Waals surface area (Å²) in [6.07, 6.45) is 0.249. The van der Waals surface area contributed by atoms with Gasteiger partial charge in [0.2, 0.25) is 5.91 Å². The molecule has 0 spiro atoms. The second-order valence-corrected chi connectivity index (χ2v) is 6.12. The standard InChI is InChI=1S/C15H20INO3/c1-5-10-7-8-11(9-12(10)16)15(3,4)13(18)17-14(19)20-6-2/h7-9H,5-6H2,1-4H3,(H,17,18,19). The maximum Gasteiger partial charge on any atom is 0.413 e. The number of carbonyl (C=O) groups excluding carboxylic acids is 2. The van der Waals surface area contributed by atoms with Gasteiger partial charge in [0.05, 0.1) is 12.0 Å². The number of hydrogen-bond donors (Lipinski definition) is 1. The maximum atomic E-state index is 12.2. The van der Waals surface area contributed by atoms with Crippen LogP contribution < -0.4 is 5.32 Å². The number of imide groups is 1. The first kappa shape index (κ1) is 16.9. The maximum absolute atomic E-state index is 12.2. The fraction of sp³-hybridized carbons (Fsp3) is 0.467. The summed E-state index contributed by atoms with van der Waals surface area (Å²) in [4.78, 5) is 23.5. The van der Waals surface area contributed by atoms with Crippen molar-refractivity contribution >= 4 is 34.6 Å². The summed E-state index contributed by atoms with van der Waals surface area (Å²) in [5.74, 6) is -0.365.